The Morgan fingerprint density at radius 1 is 1.06 bits per heavy atom. The Morgan fingerprint density at radius 2 is 1.75 bits per heavy atom. The monoisotopic (exact) mass is 456 g/mol. The van der Waals surface area contributed by atoms with Gasteiger partial charge in [-0.1, -0.05) is 17.7 Å². The maximum absolute atomic E-state index is 13.1. The highest BCUT2D eigenvalue weighted by atomic mass is 35.5. The smallest absolute Gasteiger partial charge is 0.302 e. The molecule has 0 unspecified atom stereocenters. The molecule has 0 aromatic heterocycles. The molecule has 2 aromatic carbocycles. The predicted molar refractivity (Wildman–Crippen MR) is 123 cm³/mol. The molecule has 0 fully saturated rings. The van der Waals surface area contributed by atoms with Crippen LogP contribution in [0.1, 0.15) is 31.9 Å². The Hall–Kier alpha value is -3.32. The minimum Gasteiger partial charge on any atom is -0.490 e. The molecule has 0 saturated carbocycles. The third kappa shape index (κ3) is 5.68. The molecule has 0 saturated heterocycles. The molecular weight excluding hydrogens is 432 g/mol. The van der Waals surface area contributed by atoms with E-state index in [1.165, 1.54) is 11.8 Å². The molecule has 7 nitrogen and oxygen atoms in total. The molecule has 1 aliphatic heterocycles. The van der Waals surface area contributed by atoms with Gasteiger partial charge in [0.1, 0.15) is 18.1 Å². The van der Waals surface area contributed by atoms with Gasteiger partial charge in [-0.25, -0.2) is 4.99 Å². The molecule has 3 rings (SSSR count). The van der Waals surface area contributed by atoms with Crippen molar-refractivity contribution < 1.29 is 23.8 Å². The highest BCUT2D eigenvalue weighted by Crippen LogP contribution is 2.30. The molecule has 0 N–H and O–H groups in total. The average molecular weight is 457 g/mol. The van der Waals surface area contributed by atoms with Crippen LogP contribution in [-0.2, 0) is 14.3 Å². The molecule has 1 amide bonds. The van der Waals surface area contributed by atoms with Crippen molar-refractivity contribution >= 4 is 35.4 Å². The highest BCUT2D eigenvalue weighted by molar-refractivity contribution is 6.30. The summed E-state index contributed by atoms with van der Waals surface area (Å²) in [4.78, 5) is 30.4. The van der Waals surface area contributed by atoms with E-state index < -0.39 is 5.97 Å². The summed E-state index contributed by atoms with van der Waals surface area (Å²) in [5, 5.41) is 0.582. The van der Waals surface area contributed by atoms with Crippen molar-refractivity contribution in [3.8, 4) is 11.5 Å². The summed E-state index contributed by atoms with van der Waals surface area (Å²) in [7, 11) is 0. The van der Waals surface area contributed by atoms with Gasteiger partial charge in [-0.15, -0.1) is 0 Å². The first kappa shape index (κ1) is 23.3. The number of benzene rings is 2. The van der Waals surface area contributed by atoms with Crippen LogP contribution in [0.5, 0.6) is 11.5 Å². The first-order valence-electron chi connectivity index (χ1n) is 10.3. The molecule has 0 radical (unpaired) electrons. The van der Waals surface area contributed by atoms with Gasteiger partial charge in [-0.2, -0.15) is 0 Å². The van der Waals surface area contributed by atoms with E-state index in [1.54, 1.807) is 30.3 Å². The maximum Gasteiger partial charge on any atom is 0.302 e. The maximum atomic E-state index is 13.1. The number of halogens is 1. The Morgan fingerprint density at radius 3 is 2.41 bits per heavy atom. The molecule has 32 heavy (non-hydrogen) atoms. The van der Waals surface area contributed by atoms with Crippen LogP contribution in [0.4, 0.5) is 0 Å². The van der Waals surface area contributed by atoms with Gasteiger partial charge >= 0.3 is 5.97 Å². The summed E-state index contributed by atoms with van der Waals surface area (Å²) in [6.45, 7) is 6.38. The fourth-order valence-corrected chi connectivity index (χ4v) is 3.30. The molecule has 0 spiro atoms. The lowest BCUT2D eigenvalue weighted by molar-refractivity contribution is -0.142. The van der Waals surface area contributed by atoms with E-state index in [0.29, 0.717) is 35.6 Å². The number of rotatable bonds is 9. The number of nitrogens with zero attached hydrogens (tertiary/aromatic N) is 2. The van der Waals surface area contributed by atoms with Crippen LogP contribution in [0.25, 0.3) is 6.08 Å². The van der Waals surface area contributed by atoms with Gasteiger partial charge in [0, 0.05) is 17.5 Å². The zero-order chi connectivity index (χ0) is 23.1. The fourth-order valence-electron chi connectivity index (χ4n) is 3.17. The summed E-state index contributed by atoms with van der Waals surface area (Å²) < 4.78 is 16.3. The molecule has 168 valence electrons. The summed E-state index contributed by atoms with van der Waals surface area (Å²) in [5.41, 5.74) is 1.75. The van der Waals surface area contributed by atoms with Gasteiger partial charge in [0.05, 0.1) is 19.8 Å². The summed E-state index contributed by atoms with van der Waals surface area (Å²) in [6, 6.07) is 12.5. The van der Waals surface area contributed by atoms with Crippen LogP contribution >= 0.6 is 11.6 Å². The number of hydrogen-bond acceptors (Lipinski definition) is 6. The first-order chi connectivity index (χ1) is 15.4. The van der Waals surface area contributed by atoms with Gasteiger partial charge in [0.2, 0.25) is 0 Å². The number of carbonyl (C=O) groups is 2. The number of hydrogen-bond donors (Lipinski definition) is 0. The van der Waals surface area contributed by atoms with E-state index in [9.17, 15) is 9.59 Å². The second kappa shape index (κ2) is 10.8. The van der Waals surface area contributed by atoms with E-state index >= 15 is 0 Å². The molecule has 0 aliphatic carbocycles. The second-order valence-corrected chi connectivity index (χ2v) is 7.28. The zero-order valence-electron chi connectivity index (χ0n) is 18.3. The number of esters is 1. The lowest BCUT2D eigenvalue weighted by Crippen LogP contribution is -2.35. The van der Waals surface area contributed by atoms with Crippen LogP contribution in [0.2, 0.25) is 5.02 Å². The third-order valence-corrected chi connectivity index (χ3v) is 4.79. The van der Waals surface area contributed by atoms with Crippen molar-refractivity contribution in [3.63, 3.8) is 0 Å². The molecule has 0 bridgehead atoms. The van der Waals surface area contributed by atoms with Gasteiger partial charge in [0.15, 0.2) is 11.5 Å². The number of amides is 1. The van der Waals surface area contributed by atoms with Gasteiger partial charge in [0.25, 0.3) is 5.91 Å². The topological polar surface area (TPSA) is 77.4 Å². The second-order valence-electron chi connectivity index (χ2n) is 6.84. The molecule has 1 heterocycles. The fraction of sp³-hybridized carbons (Fsp3) is 0.292. The van der Waals surface area contributed by atoms with E-state index in [4.69, 9.17) is 25.8 Å². The average Bonchev–Trinajstić information content (AvgIpc) is 3.06. The van der Waals surface area contributed by atoms with Crippen LogP contribution in [-0.4, -0.2) is 49.0 Å². The van der Waals surface area contributed by atoms with E-state index in [0.717, 1.165) is 11.1 Å². The van der Waals surface area contributed by atoms with Crippen molar-refractivity contribution in [1.82, 2.24) is 4.90 Å². The van der Waals surface area contributed by atoms with Crippen LogP contribution in [0.15, 0.2) is 53.2 Å². The Balaban J connectivity index is 1.95. The Kier molecular flexibility index (Phi) is 7.89. The Labute approximate surface area is 192 Å². The Bertz CT molecular complexity index is 1050. The first-order valence-corrected chi connectivity index (χ1v) is 10.7. The number of carbonyl (C=O) groups excluding carboxylic acids is 2. The number of ether oxygens (including phenoxy) is 3. The number of amidine groups is 1. The van der Waals surface area contributed by atoms with Crippen molar-refractivity contribution in [2.24, 2.45) is 4.99 Å². The SMILES string of the molecule is CCOc1ccc(C=C2N=C(c3ccc(Cl)cc3)N(CCOC(C)=O)C2=O)cc1OCC. The van der Waals surface area contributed by atoms with E-state index in [2.05, 4.69) is 4.99 Å². The standard InChI is InChI=1S/C24H25ClN2O5/c1-4-30-21-11-6-17(15-22(21)31-5-2)14-20-24(29)27(12-13-32-16(3)28)23(26-20)18-7-9-19(25)10-8-18/h6-11,14-15H,4-5,12-13H2,1-3H3. The van der Waals surface area contributed by atoms with Crippen LogP contribution in [0, 0.1) is 0 Å². The lowest BCUT2D eigenvalue weighted by Gasteiger charge is -2.18. The lowest BCUT2D eigenvalue weighted by atomic mass is 10.1. The normalized spacial score (nSPS) is 14.5. The van der Waals surface area contributed by atoms with Crippen molar-refractivity contribution in [3.05, 3.63) is 64.3 Å². The van der Waals surface area contributed by atoms with Crippen molar-refractivity contribution in [2.75, 3.05) is 26.4 Å². The zero-order valence-corrected chi connectivity index (χ0v) is 19.0. The largest absolute Gasteiger partial charge is 0.490 e. The van der Waals surface area contributed by atoms with Gasteiger partial charge < -0.3 is 14.2 Å². The predicted octanol–water partition coefficient (Wildman–Crippen LogP) is 4.33. The molecular formula is C24H25ClN2O5. The number of aliphatic imine (C=N–C) groups is 1. The van der Waals surface area contributed by atoms with E-state index in [-0.39, 0.29) is 24.8 Å². The molecule has 1 aliphatic rings. The van der Waals surface area contributed by atoms with Gasteiger partial charge in [-0.3, -0.25) is 14.5 Å². The molecule has 8 heteroatoms. The minimum atomic E-state index is -0.407. The van der Waals surface area contributed by atoms with E-state index in [1.807, 2.05) is 32.0 Å². The summed E-state index contributed by atoms with van der Waals surface area (Å²) >= 11 is 6.00. The summed E-state index contributed by atoms with van der Waals surface area (Å²) in [5.74, 6) is 1.02. The highest BCUT2D eigenvalue weighted by Gasteiger charge is 2.31. The van der Waals surface area contributed by atoms with Crippen LogP contribution < -0.4 is 9.47 Å². The van der Waals surface area contributed by atoms with Crippen molar-refractivity contribution in [2.45, 2.75) is 20.8 Å². The third-order valence-electron chi connectivity index (χ3n) is 4.54. The molecule has 0 atom stereocenters. The van der Waals surface area contributed by atoms with Crippen molar-refractivity contribution in [1.29, 1.82) is 0 Å². The quantitative estimate of drug-likeness (QED) is 0.414. The van der Waals surface area contributed by atoms with Crippen LogP contribution in [0.3, 0.4) is 0 Å². The summed E-state index contributed by atoms with van der Waals surface area (Å²) in [6.07, 6.45) is 1.70. The van der Waals surface area contributed by atoms with Gasteiger partial charge in [-0.05, 0) is 61.9 Å². The molecule has 2 aromatic rings. The minimum absolute atomic E-state index is 0.0680.